The lowest BCUT2D eigenvalue weighted by molar-refractivity contribution is -0.133. The van der Waals surface area contributed by atoms with Crippen molar-refractivity contribution in [1.29, 1.82) is 0 Å². The van der Waals surface area contributed by atoms with Crippen molar-refractivity contribution in [3.63, 3.8) is 0 Å². The smallest absolute Gasteiger partial charge is 0.247 e. The Morgan fingerprint density at radius 3 is 2.63 bits per heavy atom. The summed E-state index contributed by atoms with van der Waals surface area (Å²) in [7, 11) is 0. The normalized spacial score (nSPS) is 18.1. The molecule has 2 heterocycles. The van der Waals surface area contributed by atoms with Gasteiger partial charge in [0.25, 0.3) is 0 Å². The molecular weight excluding hydrogens is 391 g/mol. The minimum atomic E-state index is -0.555. The highest BCUT2D eigenvalue weighted by atomic mass is 35.5. The van der Waals surface area contributed by atoms with Gasteiger partial charge in [-0.05, 0) is 42.3 Å². The standard InChI is InChI=1S/C19H16Cl2N2O4/c20-12-6-13(21)8-14(7-12)22-19(25)15-2-4-18(24)23(15)9-11-1-3-16-17(5-11)27-10-26-16/h1,3,5-8,15H,2,4,9-10H2,(H,22,25). The summed E-state index contributed by atoms with van der Waals surface area (Å²) in [4.78, 5) is 26.7. The van der Waals surface area contributed by atoms with Gasteiger partial charge < -0.3 is 19.7 Å². The van der Waals surface area contributed by atoms with E-state index in [0.29, 0.717) is 46.6 Å². The molecule has 2 aliphatic heterocycles. The van der Waals surface area contributed by atoms with E-state index < -0.39 is 6.04 Å². The third-order valence-corrected chi connectivity index (χ3v) is 4.99. The quantitative estimate of drug-likeness (QED) is 0.836. The first-order valence-electron chi connectivity index (χ1n) is 8.44. The van der Waals surface area contributed by atoms with Crippen LogP contribution < -0.4 is 14.8 Å². The summed E-state index contributed by atoms with van der Waals surface area (Å²) in [5, 5.41) is 3.65. The Morgan fingerprint density at radius 2 is 1.85 bits per heavy atom. The zero-order chi connectivity index (χ0) is 19.0. The molecule has 6 nitrogen and oxygen atoms in total. The third-order valence-electron chi connectivity index (χ3n) is 4.55. The molecule has 2 aliphatic rings. The van der Waals surface area contributed by atoms with E-state index >= 15 is 0 Å². The number of carbonyl (C=O) groups excluding carboxylic acids is 2. The zero-order valence-electron chi connectivity index (χ0n) is 14.2. The number of nitrogens with one attached hydrogen (secondary N) is 1. The summed E-state index contributed by atoms with van der Waals surface area (Å²) >= 11 is 12.0. The first-order chi connectivity index (χ1) is 13.0. The van der Waals surface area contributed by atoms with Crippen molar-refractivity contribution in [2.24, 2.45) is 0 Å². The van der Waals surface area contributed by atoms with Crippen LogP contribution in [-0.2, 0) is 16.1 Å². The molecule has 0 bridgehead atoms. The minimum absolute atomic E-state index is 0.0584. The molecule has 0 aliphatic carbocycles. The van der Waals surface area contributed by atoms with Gasteiger partial charge in [-0.2, -0.15) is 0 Å². The van der Waals surface area contributed by atoms with Crippen LogP contribution in [0.5, 0.6) is 11.5 Å². The van der Waals surface area contributed by atoms with Crippen LogP contribution in [-0.4, -0.2) is 29.5 Å². The largest absolute Gasteiger partial charge is 0.454 e. The van der Waals surface area contributed by atoms with Gasteiger partial charge >= 0.3 is 0 Å². The van der Waals surface area contributed by atoms with Crippen molar-refractivity contribution in [1.82, 2.24) is 4.90 Å². The van der Waals surface area contributed by atoms with Gasteiger partial charge in [0.2, 0.25) is 18.6 Å². The first kappa shape index (κ1) is 17.9. The SMILES string of the molecule is O=C(Nc1cc(Cl)cc(Cl)c1)C1CCC(=O)N1Cc1ccc2c(c1)OCO2. The summed E-state index contributed by atoms with van der Waals surface area (Å²) in [6.07, 6.45) is 0.794. The second kappa shape index (κ2) is 7.29. The van der Waals surface area contributed by atoms with Gasteiger partial charge in [-0.3, -0.25) is 9.59 Å². The van der Waals surface area contributed by atoms with Gasteiger partial charge in [-0.25, -0.2) is 0 Å². The van der Waals surface area contributed by atoms with Crippen LogP contribution in [0.3, 0.4) is 0 Å². The van der Waals surface area contributed by atoms with Crippen LogP contribution in [0.2, 0.25) is 10.0 Å². The van der Waals surface area contributed by atoms with Gasteiger partial charge in [0.1, 0.15) is 6.04 Å². The first-order valence-corrected chi connectivity index (χ1v) is 9.20. The Kier molecular flexibility index (Phi) is 4.85. The Labute approximate surface area is 165 Å². The van der Waals surface area contributed by atoms with Crippen molar-refractivity contribution in [2.45, 2.75) is 25.4 Å². The maximum absolute atomic E-state index is 12.7. The van der Waals surface area contributed by atoms with Gasteiger partial charge in [0.15, 0.2) is 11.5 Å². The number of hydrogen-bond acceptors (Lipinski definition) is 4. The lowest BCUT2D eigenvalue weighted by Gasteiger charge is -2.24. The minimum Gasteiger partial charge on any atom is -0.454 e. The van der Waals surface area contributed by atoms with Crippen LogP contribution in [0.25, 0.3) is 0 Å². The van der Waals surface area contributed by atoms with E-state index in [1.165, 1.54) is 0 Å². The van der Waals surface area contributed by atoms with Crippen molar-refractivity contribution < 1.29 is 19.1 Å². The van der Waals surface area contributed by atoms with Gasteiger partial charge in [0, 0.05) is 28.7 Å². The van der Waals surface area contributed by atoms with E-state index in [0.717, 1.165) is 5.56 Å². The lowest BCUT2D eigenvalue weighted by atomic mass is 10.1. The molecule has 1 fully saturated rings. The third kappa shape index (κ3) is 3.82. The molecule has 0 spiro atoms. The molecular formula is C19H16Cl2N2O4. The number of likely N-dealkylation sites (tertiary alicyclic amines) is 1. The number of anilines is 1. The molecule has 0 radical (unpaired) electrons. The molecule has 8 heteroatoms. The summed E-state index contributed by atoms with van der Waals surface area (Å²) in [6.45, 7) is 0.512. The Bertz CT molecular complexity index is 898. The number of hydrogen-bond donors (Lipinski definition) is 1. The predicted octanol–water partition coefficient (Wildman–Crippen LogP) is 3.85. The highest BCUT2D eigenvalue weighted by Gasteiger charge is 2.36. The van der Waals surface area contributed by atoms with Crippen molar-refractivity contribution in [3.8, 4) is 11.5 Å². The predicted molar refractivity (Wildman–Crippen MR) is 101 cm³/mol. The Hall–Kier alpha value is -2.44. The number of rotatable bonds is 4. The van der Waals surface area contributed by atoms with E-state index in [1.54, 1.807) is 29.2 Å². The van der Waals surface area contributed by atoms with Crippen LogP contribution in [0, 0.1) is 0 Å². The number of amides is 2. The molecule has 0 aromatic heterocycles. The summed E-state index contributed by atoms with van der Waals surface area (Å²) in [5.41, 5.74) is 1.37. The van der Waals surface area contributed by atoms with E-state index in [4.69, 9.17) is 32.7 Å². The fourth-order valence-corrected chi connectivity index (χ4v) is 3.82. The van der Waals surface area contributed by atoms with Crippen molar-refractivity contribution in [2.75, 3.05) is 12.1 Å². The van der Waals surface area contributed by atoms with E-state index in [2.05, 4.69) is 5.32 Å². The van der Waals surface area contributed by atoms with Crippen LogP contribution in [0.15, 0.2) is 36.4 Å². The molecule has 0 saturated carbocycles. The molecule has 2 aromatic carbocycles. The fraction of sp³-hybridized carbons (Fsp3) is 0.263. The van der Waals surface area contributed by atoms with E-state index in [-0.39, 0.29) is 18.6 Å². The zero-order valence-corrected chi connectivity index (χ0v) is 15.7. The number of carbonyl (C=O) groups is 2. The van der Waals surface area contributed by atoms with Gasteiger partial charge in [0.05, 0.1) is 0 Å². The second-order valence-corrected chi connectivity index (χ2v) is 7.28. The Balaban J connectivity index is 1.49. The lowest BCUT2D eigenvalue weighted by Crippen LogP contribution is -2.41. The molecule has 1 N–H and O–H groups in total. The highest BCUT2D eigenvalue weighted by Crippen LogP contribution is 2.34. The summed E-state index contributed by atoms with van der Waals surface area (Å²) in [6, 6.07) is 9.77. The maximum atomic E-state index is 12.7. The number of nitrogens with zero attached hydrogens (tertiary/aromatic N) is 1. The summed E-state index contributed by atoms with van der Waals surface area (Å²) in [5.74, 6) is 1.00. The van der Waals surface area contributed by atoms with Crippen LogP contribution >= 0.6 is 23.2 Å². The van der Waals surface area contributed by atoms with Crippen LogP contribution in [0.1, 0.15) is 18.4 Å². The average Bonchev–Trinajstić information content (AvgIpc) is 3.21. The fourth-order valence-electron chi connectivity index (χ4n) is 3.29. The second-order valence-electron chi connectivity index (χ2n) is 6.41. The average molecular weight is 407 g/mol. The molecule has 1 saturated heterocycles. The van der Waals surface area contributed by atoms with Crippen molar-refractivity contribution in [3.05, 3.63) is 52.0 Å². The number of ether oxygens (including phenoxy) is 2. The van der Waals surface area contributed by atoms with Crippen LogP contribution in [0.4, 0.5) is 5.69 Å². The molecule has 2 aromatic rings. The van der Waals surface area contributed by atoms with Gasteiger partial charge in [-0.1, -0.05) is 29.3 Å². The summed E-state index contributed by atoms with van der Waals surface area (Å²) < 4.78 is 10.7. The van der Waals surface area contributed by atoms with E-state index in [1.807, 2.05) is 12.1 Å². The van der Waals surface area contributed by atoms with Crippen molar-refractivity contribution >= 4 is 40.7 Å². The topological polar surface area (TPSA) is 67.9 Å². The van der Waals surface area contributed by atoms with Gasteiger partial charge in [-0.15, -0.1) is 0 Å². The monoisotopic (exact) mass is 406 g/mol. The number of benzene rings is 2. The molecule has 27 heavy (non-hydrogen) atoms. The molecule has 1 unspecified atom stereocenters. The molecule has 1 atom stereocenters. The number of fused-ring (bicyclic) bond motifs is 1. The molecule has 4 rings (SSSR count). The number of halogens is 2. The molecule has 2 amide bonds. The molecule has 140 valence electrons. The highest BCUT2D eigenvalue weighted by molar-refractivity contribution is 6.35. The Morgan fingerprint density at radius 1 is 1.11 bits per heavy atom. The van der Waals surface area contributed by atoms with E-state index in [9.17, 15) is 9.59 Å². The maximum Gasteiger partial charge on any atom is 0.247 e.